The minimum absolute atomic E-state index is 0.0629. The highest BCUT2D eigenvalue weighted by atomic mass is 35.5. The van der Waals surface area contributed by atoms with Gasteiger partial charge in [-0.05, 0) is 50.2 Å². The lowest BCUT2D eigenvalue weighted by Crippen LogP contribution is -2.15. The molecule has 0 aliphatic rings. The van der Waals surface area contributed by atoms with E-state index in [4.69, 9.17) is 16.3 Å². The number of para-hydroxylation sites is 2. The molecular formula is C26H23ClN4O3S. The average molecular weight is 507 g/mol. The van der Waals surface area contributed by atoms with Gasteiger partial charge in [0.05, 0.1) is 10.8 Å². The Hall–Kier alpha value is -3.62. The largest absolute Gasteiger partial charge is 0.481 e. The molecule has 0 saturated heterocycles. The molecule has 0 spiro atoms. The number of carbonyl (C=O) groups excluding carboxylic acids is 2. The van der Waals surface area contributed by atoms with Crippen LogP contribution in [-0.2, 0) is 4.79 Å². The van der Waals surface area contributed by atoms with Gasteiger partial charge in [-0.3, -0.25) is 14.2 Å². The van der Waals surface area contributed by atoms with Crippen LogP contribution in [0, 0.1) is 0 Å². The van der Waals surface area contributed by atoms with Crippen molar-refractivity contribution in [3.8, 4) is 11.4 Å². The minimum Gasteiger partial charge on any atom is -0.481 e. The van der Waals surface area contributed by atoms with Crippen LogP contribution < -0.4 is 10.1 Å². The molecule has 178 valence electrons. The second-order valence-electron chi connectivity index (χ2n) is 7.68. The molecule has 1 aromatic heterocycles. The maximum Gasteiger partial charge on any atom is 0.234 e. The van der Waals surface area contributed by atoms with Crippen molar-refractivity contribution >= 4 is 40.7 Å². The zero-order chi connectivity index (χ0) is 24.8. The molecule has 0 aliphatic heterocycles. The highest BCUT2D eigenvalue weighted by molar-refractivity contribution is 7.99. The third-order valence-electron chi connectivity index (χ3n) is 5.06. The number of benzene rings is 3. The maximum atomic E-state index is 12.6. The highest BCUT2D eigenvalue weighted by Gasteiger charge is 2.22. The van der Waals surface area contributed by atoms with Crippen LogP contribution in [0.1, 0.15) is 36.1 Å². The highest BCUT2D eigenvalue weighted by Crippen LogP contribution is 2.31. The summed E-state index contributed by atoms with van der Waals surface area (Å²) in [7, 11) is 0. The van der Waals surface area contributed by atoms with Crippen LogP contribution in [0.3, 0.4) is 0 Å². The molecule has 1 N–H and O–H groups in total. The standard InChI is InChI=1S/C26H23ClN4O3S/c1-17(32)19-9-8-10-20(15-19)28-24(33)16-35-26-30-29-25(31(26)21-11-4-3-5-12-21)18(2)34-23-14-7-6-13-22(23)27/h3-15,18H,16H2,1-2H3,(H,28,33). The number of rotatable bonds is 9. The lowest BCUT2D eigenvalue weighted by Gasteiger charge is -2.17. The molecule has 0 radical (unpaired) electrons. The Balaban J connectivity index is 1.53. The summed E-state index contributed by atoms with van der Waals surface area (Å²) in [5.74, 6) is 0.945. The van der Waals surface area contributed by atoms with E-state index in [1.54, 1.807) is 36.4 Å². The van der Waals surface area contributed by atoms with Crippen LogP contribution in [-0.4, -0.2) is 32.2 Å². The van der Waals surface area contributed by atoms with Crippen LogP contribution in [0.5, 0.6) is 5.75 Å². The van der Waals surface area contributed by atoms with Crippen molar-refractivity contribution < 1.29 is 14.3 Å². The van der Waals surface area contributed by atoms with Crippen molar-refractivity contribution in [3.05, 3.63) is 95.3 Å². The molecule has 35 heavy (non-hydrogen) atoms. The predicted molar refractivity (Wildman–Crippen MR) is 138 cm³/mol. The first-order valence-corrected chi connectivity index (χ1v) is 12.2. The van der Waals surface area contributed by atoms with Crippen LogP contribution in [0.25, 0.3) is 5.69 Å². The quantitative estimate of drug-likeness (QED) is 0.221. The number of carbonyl (C=O) groups is 2. The third kappa shape index (κ3) is 6.09. The number of nitrogens with zero attached hydrogens (tertiary/aromatic N) is 3. The number of hydrogen-bond acceptors (Lipinski definition) is 6. The number of ether oxygens (including phenoxy) is 1. The molecule has 7 nitrogen and oxygen atoms in total. The average Bonchev–Trinajstić information content (AvgIpc) is 3.29. The van der Waals surface area contributed by atoms with Gasteiger partial charge < -0.3 is 10.1 Å². The summed E-state index contributed by atoms with van der Waals surface area (Å²) < 4.78 is 7.94. The zero-order valence-corrected chi connectivity index (χ0v) is 20.7. The topological polar surface area (TPSA) is 86.1 Å². The van der Waals surface area contributed by atoms with Gasteiger partial charge in [0.25, 0.3) is 0 Å². The molecule has 0 bridgehead atoms. The Bertz CT molecular complexity index is 1340. The van der Waals surface area contributed by atoms with Gasteiger partial charge in [0.15, 0.2) is 22.9 Å². The van der Waals surface area contributed by atoms with Crippen molar-refractivity contribution in [1.29, 1.82) is 0 Å². The number of ketones is 1. The molecule has 1 heterocycles. The van der Waals surface area contributed by atoms with Crippen LogP contribution >= 0.6 is 23.4 Å². The molecule has 0 fully saturated rings. The number of halogens is 1. The van der Waals surface area contributed by atoms with E-state index in [0.29, 0.717) is 33.0 Å². The normalized spacial score (nSPS) is 11.6. The van der Waals surface area contributed by atoms with Gasteiger partial charge in [0, 0.05) is 16.9 Å². The monoisotopic (exact) mass is 506 g/mol. The summed E-state index contributed by atoms with van der Waals surface area (Å²) in [6.45, 7) is 3.36. The van der Waals surface area contributed by atoms with E-state index in [0.717, 1.165) is 5.69 Å². The summed E-state index contributed by atoms with van der Waals surface area (Å²) in [4.78, 5) is 24.2. The van der Waals surface area contributed by atoms with Gasteiger partial charge in [-0.25, -0.2) is 0 Å². The molecule has 4 aromatic rings. The molecular weight excluding hydrogens is 484 g/mol. The molecule has 0 aliphatic carbocycles. The fourth-order valence-corrected chi connectivity index (χ4v) is 4.32. The lowest BCUT2D eigenvalue weighted by molar-refractivity contribution is -0.113. The van der Waals surface area contributed by atoms with E-state index >= 15 is 0 Å². The van der Waals surface area contributed by atoms with Gasteiger partial charge >= 0.3 is 0 Å². The van der Waals surface area contributed by atoms with E-state index < -0.39 is 6.10 Å². The minimum atomic E-state index is -0.458. The lowest BCUT2D eigenvalue weighted by atomic mass is 10.1. The van der Waals surface area contributed by atoms with Crippen LogP contribution in [0.2, 0.25) is 5.02 Å². The summed E-state index contributed by atoms with van der Waals surface area (Å²) in [5, 5.41) is 12.6. The third-order valence-corrected chi connectivity index (χ3v) is 6.30. The Morgan fingerprint density at radius 2 is 1.77 bits per heavy atom. The fourth-order valence-electron chi connectivity index (χ4n) is 3.38. The SMILES string of the molecule is CC(=O)c1cccc(NC(=O)CSc2nnc(C(C)Oc3ccccc3Cl)n2-c2ccccc2)c1. The van der Waals surface area contributed by atoms with E-state index in [9.17, 15) is 9.59 Å². The first-order chi connectivity index (χ1) is 16.9. The van der Waals surface area contributed by atoms with Gasteiger partial charge in [-0.2, -0.15) is 0 Å². The number of hydrogen-bond donors (Lipinski definition) is 1. The first-order valence-electron chi connectivity index (χ1n) is 10.9. The van der Waals surface area contributed by atoms with Crippen molar-refractivity contribution in [2.45, 2.75) is 25.1 Å². The molecule has 3 aromatic carbocycles. The number of aromatic nitrogens is 3. The number of thioether (sulfide) groups is 1. The Morgan fingerprint density at radius 1 is 1.03 bits per heavy atom. The van der Waals surface area contributed by atoms with E-state index in [2.05, 4.69) is 15.5 Å². The second kappa shape index (κ2) is 11.2. The van der Waals surface area contributed by atoms with Gasteiger partial charge in [-0.1, -0.05) is 65.8 Å². The number of Topliss-reactive ketones (excluding diaryl/α,β-unsaturated/α-hetero) is 1. The summed E-state index contributed by atoms with van der Waals surface area (Å²) in [6.07, 6.45) is -0.458. The maximum absolute atomic E-state index is 12.6. The van der Waals surface area contributed by atoms with E-state index in [1.165, 1.54) is 18.7 Å². The number of nitrogens with one attached hydrogen (secondary N) is 1. The van der Waals surface area contributed by atoms with E-state index in [-0.39, 0.29) is 17.4 Å². The second-order valence-corrected chi connectivity index (χ2v) is 9.03. The molecule has 1 atom stereocenters. The van der Waals surface area contributed by atoms with Gasteiger partial charge in [-0.15, -0.1) is 10.2 Å². The molecule has 4 rings (SSSR count). The van der Waals surface area contributed by atoms with Crippen molar-refractivity contribution in [2.24, 2.45) is 0 Å². The fraction of sp³-hybridized carbons (Fsp3) is 0.154. The number of anilines is 1. The van der Waals surface area contributed by atoms with Crippen molar-refractivity contribution in [2.75, 3.05) is 11.1 Å². The van der Waals surface area contributed by atoms with Gasteiger partial charge in [0.1, 0.15) is 5.75 Å². The smallest absolute Gasteiger partial charge is 0.234 e. The van der Waals surface area contributed by atoms with Crippen molar-refractivity contribution in [1.82, 2.24) is 14.8 Å². The Labute approximate surface area is 212 Å². The first kappa shape index (κ1) is 24.5. The predicted octanol–water partition coefficient (Wildman–Crippen LogP) is 5.99. The Morgan fingerprint density at radius 3 is 2.51 bits per heavy atom. The molecule has 9 heteroatoms. The molecule has 0 saturated carbocycles. The zero-order valence-electron chi connectivity index (χ0n) is 19.1. The summed E-state index contributed by atoms with van der Waals surface area (Å²) in [5.41, 5.74) is 1.95. The van der Waals surface area contributed by atoms with Crippen molar-refractivity contribution in [3.63, 3.8) is 0 Å². The molecule has 1 amide bonds. The number of amides is 1. The van der Waals surface area contributed by atoms with Gasteiger partial charge in [0.2, 0.25) is 5.91 Å². The summed E-state index contributed by atoms with van der Waals surface area (Å²) in [6, 6.07) is 23.7. The Kier molecular flexibility index (Phi) is 7.84. The van der Waals surface area contributed by atoms with E-state index in [1.807, 2.05) is 54.0 Å². The van der Waals surface area contributed by atoms with Crippen LogP contribution in [0.15, 0.2) is 84.0 Å². The molecule has 1 unspecified atom stereocenters. The summed E-state index contributed by atoms with van der Waals surface area (Å²) >= 11 is 7.52. The van der Waals surface area contributed by atoms with Crippen LogP contribution in [0.4, 0.5) is 5.69 Å².